The molecule has 1 aromatic carbocycles. The average molecular weight is 389 g/mol. The van der Waals surface area contributed by atoms with Crippen LogP contribution in [0.5, 0.6) is 0 Å². The zero-order valence-corrected chi connectivity index (χ0v) is 13.2. The van der Waals surface area contributed by atoms with Crippen molar-refractivity contribution in [3.63, 3.8) is 0 Å². The van der Waals surface area contributed by atoms with Gasteiger partial charge in [0.05, 0.1) is 22.8 Å². The van der Waals surface area contributed by atoms with Crippen molar-refractivity contribution in [2.24, 2.45) is 0 Å². The standard InChI is InChI=1S/C14H6ClF5N6/c15-12-22-9-7(2-1-3-8(9)14(18,19)20)11-23-10(24-26(11)12)6-4-21-25(5-6)13(16)17/h1-5,13H. The highest BCUT2D eigenvalue weighted by atomic mass is 35.5. The number of hydrogen-bond donors (Lipinski definition) is 0. The highest BCUT2D eigenvalue weighted by molar-refractivity contribution is 6.29. The summed E-state index contributed by atoms with van der Waals surface area (Å²) in [5.74, 6) is -0.0227. The van der Waals surface area contributed by atoms with Gasteiger partial charge in [0.1, 0.15) is 0 Å². The van der Waals surface area contributed by atoms with Gasteiger partial charge in [-0.2, -0.15) is 31.6 Å². The van der Waals surface area contributed by atoms with E-state index in [1.165, 1.54) is 12.1 Å². The van der Waals surface area contributed by atoms with E-state index in [0.717, 1.165) is 23.0 Å². The lowest BCUT2D eigenvalue weighted by atomic mass is 10.1. The second kappa shape index (κ2) is 5.59. The fourth-order valence-electron chi connectivity index (χ4n) is 2.51. The molecule has 0 N–H and O–H groups in total. The number of aromatic nitrogens is 6. The molecule has 0 aliphatic rings. The maximum Gasteiger partial charge on any atom is 0.418 e. The minimum Gasteiger partial charge on any atom is -0.217 e. The summed E-state index contributed by atoms with van der Waals surface area (Å²) in [6.07, 6.45) is -2.49. The van der Waals surface area contributed by atoms with Crippen LogP contribution in [0, 0.1) is 0 Å². The number of rotatable bonds is 2. The average Bonchev–Trinajstić information content (AvgIpc) is 3.21. The zero-order chi connectivity index (χ0) is 18.6. The Kier molecular flexibility index (Phi) is 3.58. The number of benzene rings is 1. The van der Waals surface area contributed by atoms with Crippen molar-refractivity contribution < 1.29 is 22.0 Å². The molecule has 0 atom stereocenters. The van der Waals surface area contributed by atoms with E-state index in [1.807, 2.05) is 0 Å². The molecule has 4 aromatic rings. The third-order valence-electron chi connectivity index (χ3n) is 3.63. The summed E-state index contributed by atoms with van der Waals surface area (Å²) in [6, 6.07) is 3.49. The second-order valence-electron chi connectivity index (χ2n) is 5.24. The first kappa shape index (κ1) is 16.6. The molecule has 12 heteroatoms. The molecular weight excluding hydrogens is 383 g/mol. The van der Waals surface area contributed by atoms with Gasteiger partial charge in [-0.15, -0.1) is 5.10 Å². The number of para-hydroxylation sites is 1. The molecule has 26 heavy (non-hydrogen) atoms. The minimum atomic E-state index is -4.63. The summed E-state index contributed by atoms with van der Waals surface area (Å²) in [7, 11) is 0. The molecular formula is C14H6ClF5N6. The molecule has 3 aromatic heterocycles. The van der Waals surface area contributed by atoms with Crippen LogP contribution < -0.4 is 0 Å². The first-order chi connectivity index (χ1) is 12.3. The van der Waals surface area contributed by atoms with Gasteiger partial charge in [-0.05, 0) is 23.7 Å². The van der Waals surface area contributed by atoms with Gasteiger partial charge in [-0.1, -0.05) is 6.07 Å². The van der Waals surface area contributed by atoms with Gasteiger partial charge in [-0.3, -0.25) is 0 Å². The van der Waals surface area contributed by atoms with Gasteiger partial charge in [0.2, 0.25) is 5.28 Å². The topological polar surface area (TPSA) is 60.9 Å². The number of nitrogens with zero attached hydrogens (tertiary/aromatic N) is 6. The maximum absolute atomic E-state index is 13.2. The van der Waals surface area contributed by atoms with Crippen LogP contribution in [-0.2, 0) is 6.18 Å². The Bertz CT molecular complexity index is 1130. The fourth-order valence-corrected chi connectivity index (χ4v) is 2.71. The maximum atomic E-state index is 13.2. The zero-order valence-electron chi connectivity index (χ0n) is 12.4. The molecule has 3 heterocycles. The number of halogens is 6. The molecule has 0 unspecified atom stereocenters. The first-order valence-electron chi connectivity index (χ1n) is 7.00. The van der Waals surface area contributed by atoms with Gasteiger partial charge in [-0.25, -0.2) is 14.6 Å². The van der Waals surface area contributed by atoms with Crippen molar-refractivity contribution in [3.8, 4) is 11.4 Å². The Morgan fingerprint density at radius 1 is 1.12 bits per heavy atom. The van der Waals surface area contributed by atoms with Crippen molar-refractivity contribution in [1.82, 2.24) is 29.4 Å². The lowest BCUT2D eigenvalue weighted by Crippen LogP contribution is -2.07. The van der Waals surface area contributed by atoms with Crippen molar-refractivity contribution in [1.29, 1.82) is 0 Å². The van der Waals surface area contributed by atoms with Crippen molar-refractivity contribution in [3.05, 3.63) is 41.4 Å². The molecule has 0 spiro atoms. The Hall–Kier alpha value is -2.82. The van der Waals surface area contributed by atoms with Crippen LogP contribution in [0.15, 0.2) is 30.6 Å². The van der Waals surface area contributed by atoms with Crippen molar-refractivity contribution in [2.45, 2.75) is 12.7 Å². The molecule has 0 saturated heterocycles. The quantitative estimate of drug-likeness (QED) is 0.381. The Morgan fingerprint density at radius 2 is 1.88 bits per heavy atom. The Balaban J connectivity index is 1.98. The number of fused-ring (bicyclic) bond motifs is 3. The smallest absolute Gasteiger partial charge is 0.217 e. The van der Waals surface area contributed by atoms with Gasteiger partial charge >= 0.3 is 12.7 Å². The van der Waals surface area contributed by atoms with E-state index in [0.29, 0.717) is 4.68 Å². The largest absolute Gasteiger partial charge is 0.418 e. The molecule has 0 aliphatic carbocycles. The third kappa shape index (κ3) is 2.55. The number of alkyl halides is 5. The molecule has 4 rings (SSSR count). The summed E-state index contributed by atoms with van der Waals surface area (Å²) in [5, 5.41) is 7.23. The van der Waals surface area contributed by atoms with Gasteiger partial charge in [0.15, 0.2) is 11.5 Å². The van der Waals surface area contributed by atoms with E-state index in [1.54, 1.807) is 0 Å². The van der Waals surface area contributed by atoms with Crippen LogP contribution in [0.25, 0.3) is 27.9 Å². The lowest BCUT2D eigenvalue weighted by molar-refractivity contribution is -0.136. The molecule has 0 radical (unpaired) electrons. The second-order valence-corrected chi connectivity index (χ2v) is 5.58. The van der Waals surface area contributed by atoms with Crippen LogP contribution >= 0.6 is 11.6 Å². The Labute approximate surface area is 145 Å². The molecule has 6 nitrogen and oxygen atoms in total. The van der Waals surface area contributed by atoms with E-state index in [9.17, 15) is 22.0 Å². The molecule has 0 aliphatic heterocycles. The van der Waals surface area contributed by atoms with Crippen molar-refractivity contribution >= 4 is 28.2 Å². The van der Waals surface area contributed by atoms with E-state index in [2.05, 4.69) is 20.2 Å². The van der Waals surface area contributed by atoms with Crippen LogP contribution in [0.1, 0.15) is 12.1 Å². The fraction of sp³-hybridized carbons (Fsp3) is 0.143. The lowest BCUT2D eigenvalue weighted by Gasteiger charge is -2.10. The monoisotopic (exact) mass is 388 g/mol. The summed E-state index contributed by atoms with van der Waals surface area (Å²) < 4.78 is 66.3. The minimum absolute atomic E-state index is 0.0193. The normalized spacial score (nSPS) is 12.6. The van der Waals surface area contributed by atoms with E-state index in [-0.39, 0.29) is 33.2 Å². The predicted octanol–water partition coefficient (Wildman–Crippen LogP) is 4.21. The number of hydrogen-bond acceptors (Lipinski definition) is 4. The first-order valence-corrected chi connectivity index (χ1v) is 7.38. The van der Waals surface area contributed by atoms with Gasteiger partial charge < -0.3 is 0 Å². The molecule has 0 bridgehead atoms. The third-order valence-corrected chi connectivity index (χ3v) is 3.87. The van der Waals surface area contributed by atoms with Crippen LogP contribution in [0.4, 0.5) is 22.0 Å². The molecule has 0 fully saturated rings. The van der Waals surface area contributed by atoms with Gasteiger partial charge in [0, 0.05) is 11.6 Å². The van der Waals surface area contributed by atoms with Crippen LogP contribution in [-0.4, -0.2) is 29.4 Å². The summed E-state index contributed by atoms with van der Waals surface area (Å²) in [5.41, 5.74) is -1.16. The molecule has 0 amide bonds. The summed E-state index contributed by atoms with van der Waals surface area (Å²) in [4.78, 5) is 7.91. The summed E-state index contributed by atoms with van der Waals surface area (Å²) >= 11 is 5.96. The highest BCUT2D eigenvalue weighted by Gasteiger charge is 2.34. The molecule has 134 valence electrons. The summed E-state index contributed by atoms with van der Waals surface area (Å²) in [6.45, 7) is -2.85. The van der Waals surface area contributed by atoms with Crippen LogP contribution in [0.3, 0.4) is 0 Å². The van der Waals surface area contributed by atoms with Crippen molar-refractivity contribution in [2.75, 3.05) is 0 Å². The van der Waals surface area contributed by atoms with E-state index < -0.39 is 18.3 Å². The van der Waals surface area contributed by atoms with Crippen LogP contribution in [0.2, 0.25) is 5.28 Å². The highest BCUT2D eigenvalue weighted by Crippen LogP contribution is 2.35. The Morgan fingerprint density at radius 3 is 2.54 bits per heavy atom. The SMILES string of the molecule is FC(F)n1cc(-c2nc3c4cccc(C(F)(F)F)c4nc(Cl)n3n2)cn1. The molecule has 0 saturated carbocycles. The van der Waals surface area contributed by atoms with Gasteiger partial charge in [0.25, 0.3) is 0 Å². The van der Waals surface area contributed by atoms with E-state index in [4.69, 9.17) is 11.6 Å². The predicted molar refractivity (Wildman–Crippen MR) is 80.8 cm³/mol. The van der Waals surface area contributed by atoms with E-state index >= 15 is 0 Å².